The minimum Gasteiger partial charge on any atom is -0.381 e. The summed E-state index contributed by atoms with van der Waals surface area (Å²) in [6.07, 6.45) is -0.313. The molecular formula is C29H25F3N3O2U-. The number of fused-ring (bicyclic) bond motifs is 1. The Morgan fingerprint density at radius 2 is 1.74 bits per heavy atom. The van der Waals surface area contributed by atoms with E-state index in [9.17, 15) is 23.1 Å². The van der Waals surface area contributed by atoms with Crippen molar-refractivity contribution in [3.8, 4) is 11.1 Å². The molecule has 5 nitrogen and oxygen atoms in total. The third-order valence-electron chi connectivity index (χ3n) is 7.13. The summed E-state index contributed by atoms with van der Waals surface area (Å²) in [4.78, 5) is 21.8. The van der Waals surface area contributed by atoms with Crippen LogP contribution in [0.25, 0.3) is 22.0 Å². The number of alkyl halides is 3. The van der Waals surface area contributed by atoms with Gasteiger partial charge in [-0.05, 0) is 35.9 Å². The maximum Gasteiger partial charge on any atom is 0.404 e. The topological polar surface area (TPSA) is 66.3 Å². The molecule has 1 amide bonds. The number of nitrogens with zero attached hydrogens (tertiary/aromatic N) is 3. The van der Waals surface area contributed by atoms with Crippen molar-refractivity contribution in [3.05, 3.63) is 95.9 Å². The molecule has 0 aliphatic carbocycles. The molecule has 1 fully saturated rings. The van der Waals surface area contributed by atoms with Crippen LogP contribution in [0.15, 0.2) is 73.1 Å². The van der Waals surface area contributed by atoms with E-state index in [1.54, 1.807) is 71.9 Å². The van der Waals surface area contributed by atoms with Crippen molar-refractivity contribution < 1.29 is 54.2 Å². The maximum atomic E-state index is 13.9. The molecule has 2 aromatic heterocycles. The van der Waals surface area contributed by atoms with Gasteiger partial charge < -0.3 is 15.0 Å². The van der Waals surface area contributed by atoms with Gasteiger partial charge in [0, 0.05) is 69.1 Å². The first-order valence-electron chi connectivity index (χ1n) is 12.1. The number of hydrogen-bond donors (Lipinski definition) is 1. The van der Waals surface area contributed by atoms with Crippen LogP contribution in [0.3, 0.4) is 0 Å². The summed E-state index contributed by atoms with van der Waals surface area (Å²) in [7, 11) is 0. The number of carbonyl (C=O) groups is 1. The second-order valence-corrected chi connectivity index (χ2v) is 9.34. The van der Waals surface area contributed by atoms with Crippen LogP contribution < -0.4 is 0 Å². The molecule has 0 radical (unpaired) electrons. The van der Waals surface area contributed by atoms with Crippen LogP contribution >= 0.6 is 0 Å². The predicted molar refractivity (Wildman–Crippen MR) is 133 cm³/mol. The summed E-state index contributed by atoms with van der Waals surface area (Å²) >= 11 is 0. The molecule has 194 valence electrons. The van der Waals surface area contributed by atoms with Gasteiger partial charge in [0.25, 0.3) is 0 Å². The monoisotopic (exact) mass is 742 g/mol. The van der Waals surface area contributed by atoms with Crippen molar-refractivity contribution in [1.29, 1.82) is 0 Å². The Kier molecular flexibility index (Phi) is 8.32. The van der Waals surface area contributed by atoms with Gasteiger partial charge in [-0.3, -0.25) is 9.78 Å². The number of benzene rings is 2. The number of pyridine rings is 2. The summed E-state index contributed by atoms with van der Waals surface area (Å²) in [5, 5.41) is 12.6. The van der Waals surface area contributed by atoms with Gasteiger partial charge in [0.1, 0.15) is 5.60 Å². The Morgan fingerprint density at radius 1 is 1.03 bits per heavy atom. The SMILES string of the molecule is CC(=O)N1CCC(C(O)(c2cccnc2)c2ccc3nc(C(F)(F)F)c(-c4ccccc4)[c-]c3c2)CC1.[U]. The Bertz CT molecular complexity index is 1430. The molecule has 1 saturated heterocycles. The van der Waals surface area contributed by atoms with Crippen LogP contribution in [0.5, 0.6) is 0 Å². The van der Waals surface area contributed by atoms with Gasteiger partial charge in [0.05, 0.1) is 5.69 Å². The van der Waals surface area contributed by atoms with Crippen LogP contribution in [0, 0.1) is 43.1 Å². The van der Waals surface area contributed by atoms with Gasteiger partial charge >= 0.3 is 6.18 Å². The molecule has 38 heavy (non-hydrogen) atoms. The number of aromatic nitrogens is 2. The molecule has 1 aliphatic rings. The molecule has 3 heterocycles. The van der Waals surface area contributed by atoms with Gasteiger partial charge in [-0.15, -0.1) is 12.1 Å². The smallest absolute Gasteiger partial charge is 0.381 e. The molecule has 9 heteroatoms. The number of halogens is 3. The molecule has 0 spiro atoms. The second kappa shape index (κ2) is 11.2. The van der Waals surface area contributed by atoms with Gasteiger partial charge in [-0.2, -0.15) is 13.2 Å². The molecule has 5 rings (SSSR count). The molecule has 1 atom stereocenters. The minimum absolute atomic E-state index is 0. The van der Waals surface area contributed by atoms with Crippen LogP contribution in [0.2, 0.25) is 0 Å². The van der Waals surface area contributed by atoms with Crippen molar-refractivity contribution in [2.24, 2.45) is 5.92 Å². The largest absolute Gasteiger partial charge is 0.404 e. The first-order valence-corrected chi connectivity index (χ1v) is 12.1. The molecular weight excluding hydrogens is 717 g/mol. The summed E-state index contributed by atoms with van der Waals surface area (Å²) in [5.74, 6) is -0.246. The number of hydrogen-bond acceptors (Lipinski definition) is 4. The van der Waals surface area contributed by atoms with Crippen LogP contribution in [-0.4, -0.2) is 39.0 Å². The molecule has 2 aromatic carbocycles. The summed E-state index contributed by atoms with van der Waals surface area (Å²) < 4.78 is 41.8. The summed E-state index contributed by atoms with van der Waals surface area (Å²) in [6, 6.07) is 19.5. The van der Waals surface area contributed by atoms with E-state index in [0.717, 1.165) is 0 Å². The predicted octanol–water partition coefficient (Wildman–Crippen LogP) is 5.61. The molecule has 0 bridgehead atoms. The van der Waals surface area contributed by atoms with Crippen LogP contribution in [0.4, 0.5) is 13.2 Å². The minimum atomic E-state index is -4.66. The maximum absolute atomic E-state index is 13.9. The zero-order valence-electron chi connectivity index (χ0n) is 20.7. The second-order valence-electron chi connectivity index (χ2n) is 9.34. The van der Waals surface area contributed by atoms with Crippen molar-refractivity contribution in [2.45, 2.75) is 31.5 Å². The number of rotatable bonds is 4. The van der Waals surface area contributed by atoms with Crippen molar-refractivity contribution in [3.63, 3.8) is 0 Å². The molecule has 0 saturated carbocycles. The molecule has 4 aromatic rings. The van der Waals surface area contributed by atoms with Crippen molar-refractivity contribution >= 4 is 16.8 Å². The summed E-state index contributed by atoms with van der Waals surface area (Å²) in [6.45, 7) is 2.55. The van der Waals surface area contributed by atoms with E-state index in [2.05, 4.69) is 16.0 Å². The van der Waals surface area contributed by atoms with E-state index in [-0.39, 0.29) is 54.0 Å². The van der Waals surface area contributed by atoms with E-state index in [1.807, 2.05) is 0 Å². The number of carbonyl (C=O) groups excluding carboxylic acids is 1. The molecule has 1 unspecified atom stereocenters. The fourth-order valence-electron chi connectivity index (χ4n) is 5.20. The Labute approximate surface area is 242 Å². The third kappa shape index (κ3) is 5.38. The number of amides is 1. The quantitative estimate of drug-likeness (QED) is 0.277. The van der Waals surface area contributed by atoms with E-state index < -0.39 is 17.5 Å². The Morgan fingerprint density at radius 3 is 2.34 bits per heavy atom. The van der Waals surface area contributed by atoms with Gasteiger partial charge in [-0.1, -0.05) is 65.0 Å². The number of piperidine rings is 1. The average molecular weight is 743 g/mol. The van der Waals surface area contributed by atoms with Gasteiger partial charge in [0.15, 0.2) is 0 Å². The number of aliphatic hydroxyl groups is 1. The first-order chi connectivity index (χ1) is 17.7. The van der Waals surface area contributed by atoms with Crippen LogP contribution in [0.1, 0.15) is 36.6 Å². The summed E-state index contributed by atoms with van der Waals surface area (Å²) in [5.41, 5.74) is -1.01. The van der Waals surface area contributed by atoms with Gasteiger partial charge in [0.2, 0.25) is 5.91 Å². The zero-order valence-corrected chi connectivity index (χ0v) is 24.8. The van der Waals surface area contributed by atoms with Gasteiger partial charge in [-0.25, -0.2) is 0 Å². The number of likely N-dealkylation sites (tertiary alicyclic amines) is 1. The molecule has 1 aliphatic heterocycles. The van der Waals surface area contributed by atoms with Crippen LogP contribution in [-0.2, 0) is 16.6 Å². The third-order valence-corrected chi connectivity index (χ3v) is 7.13. The van der Waals surface area contributed by atoms with E-state index in [1.165, 1.54) is 13.0 Å². The molecule has 1 N–H and O–H groups in total. The Balaban J connectivity index is 0.00000336. The Hall–Kier alpha value is -2.73. The fraction of sp³-hybridized carbons (Fsp3) is 0.276. The van der Waals surface area contributed by atoms with Crippen molar-refractivity contribution in [2.75, 3.05) is 13.1 Å². The fourth-order valence-corrected chi connectivity index (χ4v) is 5.20. The van der Waals surface area contributed by atoms with E-state index in [0.29, 0.717) is 48.0 Å². The van der Waals surface area contributed by atoms with E-state index >= 15 is 0 Å². The van der Waals surface area contributed by atoms with Crippen molar-refractivity contribution in [1.82, 2.24) is 14.9 Å². The van der Waals surface area contributed by atoms with E-state index in [4.69, 9.17) is 0 Å². The average Bonchev–Trinajstić information content (AvgIpc) is 2.92. The first kappa shape index (κ1) is 28.3. The zero-order chi connectivity index (χ0) is 26.2. The normalized spacial score (nSPS) is 16.1. The standard InChI is InChI=1S/C29H25F3N3O2.U/c1-19(36)35-14-11-22(12-15-35)28(37,24-8-5-13-33-18-24)23-9-10-26-21(16-23)17-25(20-6-3-2-4-7-20)27(34-26)29(30,31)32;/h2-10,13,16,18,22,37H,11-12,14-15H2,1H3;/q-1;.